The molecule has 146 valence electrons. The van der Waals surface area contributed by atoms with Gasteiger partial charge in [0.15, 0.2) is 5.96 Å². The van der Waals surface area contributed by atoms with Crippen LogP contribution in [0.15, 0.2) is 41.4 Å². The lowest BCUT2D eigenvalue weighted by Gasteiger charge is -2.19. The van der Waals surface area contributed by atoms with Gasteiger partial charge in [-0.2, -0.15) is 0 Å². The number of benzene rings is 1. The number of hydrogen-bond donors (Lipinski definition) is 2. The van der Waals surface area contributed by atoms with Crippen LogP contribution in [0.1, 0.15) is 19.0 Å². The molecule has 2 heterocycles. The van der Waals surface area contributed by atoms with Crippen LogP contribution in [0.3, 0.4) is 0 Å². The number of para-hydroxylation sites is 1. The Kier molecular flexibility index (Phi) is 6.91. The maximum absolute atomic E-state index is 6.13. The molecule has 2 N–H and O–H groups in total. The van der Waals surface area contributed by atoms with Gasteiger partial charge in [0.05, 0.1) is 11.6 Å². The first kappa shape index (κ1) is 19.9. The molecule has 0 aliphatic carbocycles. The van der Waals surface area contributed by atoms with Crippen molar-refractivity contribution in [1.29, 1.82) is 0 Å². The lowest BCUT2D eigenvalue weighted by Crippen LogP contribution is -2.40. The number of guanidine groups is 1. The van der Waals surface area contributed by atoms with Crippen LogP contribution in [-0.2, 0) is 13.6 Å². The lowest BCUT2D eigenvalue weighted by molar-refractivity contribution is 0.565. The highest BCUT2D eigenvalue weighted by Crippen LogP contribution is 2.25. The first-order valence-corrected chi connectivity index (χ1v) is 10.2. The van der Waals surface area contributed by atoms with Gasteiger partial charge in [0.1, 0.15) is 5.15 Å². The van der Waals surface area contributed by atoms with Crippen LogP contribution < -0.4 is 15.5 Å². The number of nitrogens with one attached hydrogen (secondary N) is 2. The van der Waals surface area contributed by atoms with Crippen molar-refractivity contribution in [2.75, 3.05) is 31.1 Å². The summed E-state index contributed by atoms with van der Waals surface area (Å²) in [5.74, 6) is 1.43. The minimum absolute atomic E-state index is 0.527. The molecule has 0 amide bonds. The van der Waals surface area contributed by atoms with Gasteiger partial charge in [0.25, 0.3) is 0 Å². The van der Waals surface area contributed by atoms with Gasteiger partial charge in [-0.3, -0.25) is 0 Å². The summed E-state index contributed by atoms with van der Waals surface area (Å²) in [7, 11) is 1.90. The Balaban J connectivity index is 1.54. The molecule has 7 heteroatoms. The van der Waals surface area contributed by atoms with Crippen molar-refractivity contribution in [1.82, 2.24) is 15.2 Å². The van der Waals surface area contributed by atoms with Gasteiger partial charge in [0, 0.05) is 44.6 Å². The second-order valence-corrected chi connectivity index (χ2v) is 7.61. The van der Waals surface area contributed by atoms with Crippen molar-refractivity contribution in [3.63, 3.8) is 0 Å². The van der Waals surface area contributed by atoms with Gasteiger partial charge < -0.3 is 20.1 Å². The number of hydrogen-bond acceptors (Lipinski definition) is 2. The summed E-state index contributed by atoms with van der Waals surface area (Å²) < 4.78 is 1.87. The van der Waals surface area contributed by atoms with E-state index in [4.69, 9.17) is 23.2 Å². The number of anilines is 1. The number of aliphatic imine (C=N–C) groups is 1. The quantitative estimate of drug-likeness (QED) is 0.563. The van der Waals surface area contributed by atoms with Crippen LogP contribution in [0, 0.1) is 5.92 Å². The average Bonchev–Trinajstić information content (AvgIpc) is 3.25. The largest absolute Gasteiger partial charge is 0.371 e. The molecule has 1 fully saturated rings. The van der Waals surface area contributed by atoms with E-state index in [-0.39, 0.29) is 0 Å². The molecule has 27 heavy (non-hydrogen) atoms. The fourth-order valence-electron chi connectivity index (χ4n) is 3.36. The van der Waals surface area contributed by atoms with Gasteiger partial charge >= 0.3 is 0 Å². The molecule has 1 aromatic carbocycles. The lowest BCUT2D eigenvalue weighted by atomic mass is 10.1. The first-order chi connectivity index (χ1) is 13.1. The number of aromatic nitrogens is 1. The summed E-state index contributed by atoms with van der Waals surface area (Å²) in [5.41, 5.74) is 2.29. The van der Waals surface area contributed by atoms with E-state index in [9.17, 15) is 0 Å². The van der Waals surface area contributed by atoms with E-state index in [1.807, 2.05) is 17.7 Å². The van der Waals surface area contributed by atoms with Gasteiger partial charge in [-0.25, -0.2) is 4.99 Å². The molecule has 0 spiro atoms. The molecular weight excluding hydrogens is 381 g/mol. The fourth-order valence-corrected chi connectivity index (χ4v) is 3.77. The van der Waals surface area contributed by atoms with E-state index < -0.39 is 0 Å². The van der Waals surface area contributed by atoms with Crippen LogP contribution in [0.2, 0.25) is 10.2 Å². The second kappa shape index (κ2) is 9.38. The molecule has 1 aliphatic rings. The Labute approximate surface area is 171 Å². The molecule has 3 rings (SSSR count). The molecule has 0 saturated carbocycles. The predicted molar refractivity (Wildman–Crippen MR) is 115 cm³/mol. The Morgan fingerprint density at radius 1 is 1.22 bits per heavy atom. The molecule has 1 aliphatic heterocycles. The predicted octanol–water partition coefficient (Wildman–Crippen LogP) is 3.91. The molecule has 1 unspecified atom stereocenters. The third-order valence-electron chi connectivity index (χ3n) is 4.92. The van der Waals surface area contributed by atoms with Crippen LogP contribution in [0.5, 0.6) is 0 Å². The van der Waals surface area contributed by atoms with Crippen molar-refractivity contribution in [3.05, 3.63) is 52.3 Å². The summed E-state index contributed by atoms with van der Waals surface area (Å²) in [6.45, 7) is 6.49. The number of rotatable bonds is 6. The van der Waals surface area contributed by atoms with E-state index in [2.05, 4.69) is 57.8 Å². The first-order valence-electron chi connectivity index (χ1n) is 9.40. The molecule has 2 aromatic rings. The zero-order valence-corrected chi connectivity index (χ0v) is 17.4. The van der Waals surface area contributed by atoms with E-state index in [0.29, 0.717) is 22.6 Å². The Morgan fingerprint density at radius 2 is 2.00 bits per heavy atom. The average molecular weight is 408 g/mol. The van der Waals surface area contributed by atoms with Gasteiger partial charge in [0.2, 0.25) is 0 Å². The highest BCUT2D eigenvalue weighted by Gasteiger charge is 2.22. The van der Waals surface area contributed by atoms with Crippen LogP contribution in [0.4, 0.5) is 5.69 Å². The van der Waals surface area contributed by atoms with Crippen LogP contribution in [0.25, 0.3) is 0 Å². The minimum Gasteiger partial charge on any atom is -0.371 e. The number of halogens is 2. The van der Waals surface area contributed by atoms with Crippen molar-refractivity contribution in [2.45, 2.75) is 19.9 Å². The SMILES string of the molecule is CCNC(=NCc1cc(Cl)c(Cl)n1C)NCC1CCN(c2ccccc2)C1. The van der Waals surface area contributed by atoms with Gasteiger partial charge in [-0.15, -0.1) is 0 Å². The Hall–Kier alpha value is -1.85. The highest BCUT2D eigenvalue weighted by molar-refractivity contribution is 6.41. The third kappa shape index (κ3) is 5.11. The molecule has 0 bridgehead atoms. The number of nitrogens with zero attached hydrogens (tertiary/aromatic N) is 3. The van der Waals surface area contributed by atoms with Crippen molar-refractivity contribution >= 4 is 34.8 Å². The normalized spacial score (nSPS) is 17.4. The van der Waals surface area contributed by atoms with Gasteiger partial charge in [-0.1, -0.05) is 41.4 Å². The second-order valence-electron chi connectivity index (χ2n) is 6.85. The smallest absolute Gasteiger partial charge is 0.191 e. The van der Waals surface area contributed by atoms with Crippen molar-refractivity contribution in [3.8, 4) is 0 Å². The van der Waals surface area contributed by atoms with Crippen LogP contribution >= 0.6 is 23.2 Å². The van der Waals surface area contributed by atoms with Crippen molar-refractivity contribution < 1.29 is 0 Å². The molecule has 0 radical (unpaired) electrons. The Bertz CT molecular complexity index is 772. The maximum atomic E-state index is 6.13. The standard InChI is InChI=1S/C20H27Cl2N5/c1-3-23-20(25-13-17-11-18(21)19(22)26(17)2)24-12-15-9-10-27(14-15)16-7-5-4-6-8-16/h4-8,11,15H,3,9-10,12-14H2,1-2H3,(H2,23,24,25). The van der Waals surface area contributed by atoms with E-state index in [0.717, 1.165) is 37.8 Å². The topological polar surface area (TPSA) is 44.6 Å². The zero-order chi connectivity index (χ0) is 19.2. The van der Waals surface area contributed by atoms with E-state index in [1.54, 1.807) is 0 Å². The molecular formula is C20H27Cl2N5. The van der Waals surface area contributed by atoms with Crippen LogP contribution in [-0.4, -0.2) is 36.7 Å². The highest BCUT2D eigenvalue weighted by atomic mass is 35.5. The summed E-state index contributed by atoms with van der Waals surface area (Å²) in [6.07, 6.45) is 1.18. The molecule has 1 saturated heterocycles. The van der Waals surface area contributed by atoms with E-state index in [1.165, 1.54) is 12.1 Å². The fraction of sp³-hybridized carbons (Fsp3) is 0.450. The zero-order valence-electron chi connectivity index (χ0n) is 15.9. The molecule has 5 nitrogen and oxygen atoms in total. The molecule has 1 aromatic heterocycles. The summed E-state index contributed by atoms with van der Waals surface area (Å²) in [5, 5.41) is 7.91. The van der Waals surface area contributed by atoms with E-state index >= 15 is 0 Å². The monoisotopic (exact) mass is 407 g/mol. The third-order valence-corrected chi connectivity index (χ3v) is 5.77. The summed E-state index contributed by atoms with van der Waals surface area (Å²) in [6, 6.07) is 12.5. The minimum atomic E-state index is 0.527. The summed E-state index contributed by atoms with van der Waals surface area (Å²) >= 11 is 12.2. The summed E-state index contributed by atoms with van der Waals surface area (Å²) in [4.78, 5) is 7.13. The molecule has 1 atom stereocenters. The van der Waals surface area contributed by atoms with Crippen molar-refractivity contribution in [2.24, 2.45) is 18.0 Å². The van der Waals surface area contributed by atoms with Gasteiger partial charge in [-0.05, 0) is 37.5 Å². The maximum Gasteiger partial charge on any atom is 0.191 e. The Morgan fingerprint density at radius 3 is 2.67 bits per heavy atom.